The van der Waals surface area contributed by atoms with Crippen LogP contribution in [0.1, 0.15) is 57.8 Å². The Balaban J connectivity index is 1.95. The predicted octanol–water partition coefficient (Wildman–Crippen LogP) is 4.03. The van der Waals surface area contributed by atoms with Crippen molar-refractivity contribution in [3.63, 3.8) is 0 Å². The number of carbonyl (C=O) groups is 1. The average Bonchev–Trinajstić information content (AvgIpc) is 2.38. The average molecular weight is 338 g/mol. The lowest BCUT2D eigenvalue weighted by Gasteiger charge is -2.38. The first-order valence-electron chi connectivity index (χ1n) is 7.22. The maximum Gasteiger partial charge on any atom is 0.248 e. The van der Waals surface area contributed by atoms with Crippen molar-refractivity contribution in [2.24, 2.45) is 5.92 Å². The highest BCUT2D eigenvalue weighted by Crippen LogP contribution is 2.37. The Bertz CT molecular complexity index is 329. The molecule has 1 N–H and O–H groups in total. The monoisotopic (exact) mass is 337 g/mol. The number of hydrogen-bond donors (Lipinski definition) is 1. The molecule has 110 valence electrons. The second kappa shape index (κ2) is 6.06. The van der Waals surface area contributed by atoms with Crippen molar-refractivity contribution in [3.05, 3.63) is 0 Å². The summed E-state index contributed by atoms with van der Waals surface area (Å²) in [4.78, 5) is 12.3. The molecule has 19 heavy (non-hydrogen) atoms. The van der Waals surface area contributed by atoms with Gasteiger partial charge in [-0.15, -0.1) is 0 Å². The van der Waals surface area contributed by atoms with Gasteiger partial charge in [-0.05, 0) is 25.7 Å². The van der Waals surface area contributed by atoms with Crippen LogP contribution in [0.2, 0.25) is 0 Å². The topological polar surface area (TPSA) is 29.1 Å². The van der Waals surface area contributed by atoms with Crippen LogP contribution in [0.4, 0.5) is 8.78 Å². The van der Waals surface area contributed by atoms with Crippen molar-refractivity contribution in [3.8, 4) is 0 Å². The molecule has 0 aromatic heterocycles. The van der Waals surface area contributed by atoms with Gasteiger partial charge >= 0.3 is 0 Å². The van der Waals surface area contributed by atoms with Gasteiger partial charge in [-0.25, -0.2) is 8.78 Å². The summed E-state index contributed by atoms with van der Waals surface area (Å²) >= 11 is 3.48. The molecule has 1 atom stereocenters. The summed E-state index contributed by atoms with van der Waals surface area (Å²) in [5.74, 6) is -3.34. The van der Waals surface area contributed by atoms with Crippen LogP contribution in [0.15, 0.2) is 0 Å². The summed E-state index contributed by atoms with van der Waals surface area (Å²) in [6.07, 6.45) is 6.01. The molecule has 2 saturated carbocycles. The molecule has 0 radical (unpaired) electrons. The molecule has 0 aromatic rings. The van der Waals surface area contributed by atoms with Crippen molar-refractivity contribution < 1.29 is 13.6 Å². The zero-order chi connectivity index (χ0) is 13.9. The predicted molar refractivity (Wildman–Crippen MR) is 74.7 cm³/mol. The zero-order valence-electron chi connectivity index (χ0n) is 11.2. The molecular weight excluding hydrogens is 316 g/mol. The van der Waals surface area contributed by atoms with Gasteiger partial charge in [0.1, 0.15) is 0 Å². The van der Waals surface area contributed by atoms with Crippen LogP contribution in [0.5, 0.6) is 0 Å². The van der Waals surface area contributed by atoms with Gasteiger partial charge in [-0.1, -0.05) is 35.2 Å². The lowest BCUT2D eigenvalue weighted by atomic mass is 9.81. The van der Waals surface area contributed by atoms with Crippen LogP contribution < -0.4 is 5.32 Å². The van der Waals surface area contributed by atoms with Gasteiger partial charge in [0.2, 0.25) is 11.8 Å². The summed E-state index contributed by atoms with van der Waals surface area (Å²) in [6, 6.07) is 0. The van der Waals surface area contributed by atoms with E-state index in [2.05, 4.69) is 21.2 Å². The van der Waals surface area contributed by atoms with Crippen LogP contribution in [0.25, 0.3) is 0 Å². The maximum absolute atomic E-state index is 13.4. The summed E-state index contributed by atoms with van der Waals surface area (Å²) < 4.78 is 26.8. The minimum atomic E-state index is -2.66. The van der Waals surface area contributed by atoms with Crippen molar-refractivity contribution in [1.29, 1.82) is 0 Å². The van der Waals surface area contributed by atoms with E-state index in [-0.39, 0.29) is 24.3 Å². The Morgan fingerprint density at radius 1 is 1.16 bits per heavy atom. The molecule has 2 fully saturated rings. The van der Waals surface area contributed by atoms with Gasteiger partial charge in [-0.3, -0.25) is 4.79 Å². The minimum Gasteiger partial charge on any atom is -0.350 e. The van der Waals surface area contributed by atoms with Gasteiger partial charge in [0, 0.05) is 29.6 Å². The highest BCUT2D eigenvalue weighted by atomic mass is 79.9. The number of amides is 1. The maximum atomic E-state index is 13.4. The quantitative estimate of drug-likeness (QED) is 0.774. The third-order valence-corrected chi connectivity index (χ3v) is 5.54. The molecule has 0 spiro atoms. The van der Waals surface area contributed by atoms with E-state index in [1.165, 1.54) is 6.42 Å². The highest BCUT2D eigenvalue weighted by molar-refractivity contribution is 9.09. The Hall–Kier alpha value is -0.190. The Kier molecular flexibility index (Phi) is 4.85. The first-order valence-corrected chi connectivity index (χ1v) is 8.34. The second-order valence-corrected chi connectivity index (χ2v) is 6.67. The van der Waals surface area contributed by atoms with E-state index in [9.17, 15) is 13.6 Å². The molecule has 0 heterocycles. The van der Waals surface area contributed by atoms with Crippen LogP contribution >= 0.6 is 15.9 Å². The second-order valence-electron chi connectivity index (χ2n) is 6.11. The SMILES string of the molecule is O=C(NC1(CBr)CCCCC1)C1CCCC(F)(F)C1. The molecule has 1 unspecified atom stereocenters. The van der Waals surface area contributed by atoms with Gasteiger partial charge in [0.15, 0.2) is 0 Å². The fourth-order valence-corrected chi connectivity index (χ4v) is 3.98. The van der Waals surface area contributed by atoms with Crippen LogP contribution in [0.3, 0.4) is 0 Å². The van der Waals surface area contributed by atoms with Crippen molar-refractivity contribution >= 4 is 21.8 Å². The molecule has 2 aliphatic carbocycles. The van der Waals surface area contributed by atoms with E-state index in [4.69, 9.17) is 0 Å². The Labute approximate surface area is 121 Å². The molecule has 1 amide bonds. The van der Waals surface area contributed by atoms with Crippen LogP contribution in [-0.4, -0.2) is 22.7 Å². The summed E-state index contributed by atoms with van der Waals surface area (Å²) in [6.45, 7) is 0. The van der Waals surface area contributed by atoms with E-state index in [0.29, 0.717) is 12.8 Å². The Morgan fingerprint density at radius 2 is 1.84 bits per heavy atom. The molecule has 0 aliphatic heterocycles. The number of alkyl halides is 3. The molecule has 0 bridgehead atoms. The molecule has 2 rings (SSSR count). The lowest BCUT2D eigenvalue weighted by molar-refractivity contribution is -0.134. The van der Waals surface area contributed by atoms with E-state index < -0.39 is 11.8 Å². The fourth-order valence-electron chi connectivity index (χ4n) is 3.28. The molecule has 2 aliphatic rings. The van der Waals surface area contributed by atoms with Gasteiger partial charge in [-0.2, -0.15) is 0 Å². The third kappa shape index (κ3) is 3.89. The van der Waals surface area contributed by atoms with Gasteiger partial charge in [0.25, 0.3) is 0 Å². The minimum absolute atomic E-state index is 0.0691. The molecule has 5 heteroatoms. The molecule has 2 nitrogen and oxygen atoms in total. The van der Waals surface area contributed by atoms with Crippen molar-refractivity contribution in [2.75, 3.05) is 5.33 Å². The van der Waals surface area contributed by atoms with Crippen molar-refractivity contribution in [1.82, 2.24) is 5.32 Å². The summed E-state index contributed by atoms with van der Waals surface area (Å²) in [5, 5.41) is 3.79. The Morgan fingerprint density at radius 3 is 2.42 bits per heavy atom. The first-order chi connectivity index (χ1) is 8.96. The number of hydrogen-bond acceptors (Lipinski definition) is 1. The van der Waals surface area contributed by atoms with E-state index in [1.807, 2.05) is 0 Å². The number of rotatable bonds is 3. The zero-order valence-corrected chi connectivity index (χ0v) is 12.8. The third-order valence-electron chi connectivity index (χ3n) is 4.47. The smallest absolute Gasteiger partial charge is 0.248 e. The highest BCUT2D eigenvalue weighted by Gasteiger charge is 2.41. The normalized spacial score (nSPS) is 29.7. The lowest BCUT2D eigenvalue weighted by Crippen LogP contribution is -2.53. The fraction of sp³-hybridized carbons (Fsp3) is 0.929. The molecule has 0 aromatic carbocycles. The van der Waals surface area contributed by atoms with E-state index in [1.54, 1.807) is 0 Å². The van der Waals surface area contributed by atoms with Crippen molar-refractivity contribution in [2.45, 2.75) is 69.2 Å². The van der Waals surface area contributed by atoms with Gasteiger partial charge in [0.05, 0.1) is 0 Å². The number of halogens is 3. The van der Waals surface area contributed by atoms with E-state index in [0.717, 1.165) is 31.0 Å². The molecular formula is C14H22BrF2NO. The number of carbonyl (C=O) groups excluding carboxylic acids is 1. The van der Waals surface area contributed by atoms with Crippen LogP contribution in [-0.2, 0) is 4.79 Å². The number of nitrogens with one attached hydrogen (secondary N) is 1. The van der Waals surface area contributed by atoms with Gasteiger partial charge < -0.3 is 5.32 Å². The van der Waals surface area contributed by atoms with Crippen LogP contribution in [0, 0.1) is 5.92 Å². The molecule has 0 saturated heterocycles. The largest absolute Gasteiger partial charge is 0.350 e. The summed E-state index contributed by atoms with van der Waals surface area (Å²) in [5.41, 5.74) is -0.206. The van der Waals surface area contributed by atoms with E-state index >= 15 is 0 Å². The summed E-state index contributed by atoms with van der Waals surface area (Å²) in [7, 11) is 0. The first kappa shape index (κ1) is 15.2. The standard InChI is InChI=1S/C14H22BrF2NO/c15-10-13(6-2-1-3-7-13)18-12(19)11-5-4-8-14(16,17)9-11/h11H,1-10H2,(H,18,19).